The monoisotopic (exact) mass is 501 g/mol. The van der Waals surface area contributed by atoms with Crippen LogP contribution in [-0.4, -0.2) is 40.1 Å². The number of nitriles is 1. The van der Waals surface area contributed by atoms with E-state index in [4.69, 9.17) is 5.26 Å². The van der Waals surface area contributed by atoms with Gasteiger partial charge in [0.25, 0.3) is 0 Å². The zero-order valence-electron chi connectivity index (χ0n) is 18.5. The van der Waals surface area contributed by atoms with E-state index in [9.17, 15) is 23.1 Å². The highest BCUT2D eigenvalue weighted by Crippen LogP contribution is 2.35. The molecule has 0 unspecified atom stereocenters. The molecule has 3 heterocycles. The largest absolute Gasteiger partial charge is 0.451 e. The van der Waals surface area contributed by atoms with Gasteiger partial charge >= 0.3 is 6.18 Å². The summed E-state index contributed by atoms with van der Waals surface area (Å²) in [5.41, 5.74) is 1.61. The number of carbonyl (C=O) groups is 1. The number of alkyl halides is 3. The fraction of sp³-hybridized carbons (Fsp3) is 0.333. The predicted octanol–water partition coefficient (Wildman–Crippen LogP) is 3.92. The molecule has 1 atom stereocenters. The van der Waals surface area contributed by atoms with Gasteiger partial charge in [0.05, 0.1) is 28.8 Å². The molecule has 1 aromatic carbocycles. The number of carbonyl (C=O) groups excluding carboxylic acids is 1. The summed E-state index contributed by atoms with van der Waals surface area (Å²) in [6.07, 6.45) is -3.05. The first kappa shape index (κ1) is 24.6. The minimum atomic E-state index is -4.75. The van der Waals surface area contributed by atoms with E-state index in [0.29, 0.717) is 47.7 Å². The molecule has 0 spiro atoms. The van der Waals surface area contributed by atoms with Gasteiger partial charge in [0, 0.05) is 24.0 Å². The molecule has 1 aliphatic heterocycles. The molecule has 1 amide bonds. The number of halogens is 3. The maximum atomic E-state index is 13.6. The summed E-state index contributed by atoms with van der Waals surface area (Å²) in [7, 11) is 0. The number of nitrogens with zero attached hydrogens (tertiary/aromatic N) is 4. The van der Waals surface area contributed by atoms with Crippen LogP contribution in [0.2, 0.25) is 0 Å². The van der Waals surface area contributed by atoms with Crippen LogP contribution in [0.4, 0.5) is 19.0 Å². The minimum absolute atomic E-state index is 0.0472. The molecule has 3 aromatic rings. The van der Waals surface area contributed by atoms with Gasteiger partial charge in [-0.3, -0.25) is 4.79 Å². The number of hydrogen-bond acceptors (Lipinski definition) is 7. The van der Waals surface area contributed by atoms with Gasteiger partial charge in [-0.2, -0.15) is 18.4 Å². The van der Waals surface area contributed by atoms with Crippen LogP contribution in [0.1, 0.15) is 34.7 Å². The van der Waals surface area contributed by atoms with E-state index in [-0.39, 0.29) is 24.0 Å². The molecule has 0 bridgehead atoms. The molecule has 1 aliphatic rings. The molecule has 4 rings (SSSR count). The molecule has 0 aliphatic carbocycles. The van der Waals surface area contributed by atoms with Crippen LogP contribution in [0, 0.1) is 11.3 Å². The van der Waals surface area contributed by atoms with Crippen molar-refractivity contribution in [1.29, 1.82) is 5.26 Å². The lowest BCUT2D eigenvalue weighted by Crippen LogP contribution is -2.44. The third kappa shape index (κ3) is 5.78. The number of anilines is 1. The van der Waals surface area contributed by atoms with Crippen molar-refractivity contribution in [1.82, 2.24) is 15.3 Å². The molecule has 0 radical (unpaired) electrons. The smallest absolute Gasteiger partial charge is 0.391 e. The summed E-state index contributed by atoms with van der Waals surface area (Å²) in [4.78, 5) is 23.0. The van der Waals surface area contributed by atoms with Gasteiger partial charge in [0.2, 0.25) is 11.7 Å². The van der Waals surface area contributed by atoms with Gasteiger partial charge in [-0.05, 0) is 49.1 Å². The molecule has 11 heteroatoms. The summed E-state index contributed by atoms with van der Waals surface area (Å²) in [6.45, 7) is 0.538. The Hall–Kier alpha value is -3.49. The van der Waals surface area contributed by atoms with E-state index in [1.807, 2.05) is 12.1 Å². The fourth-order valence-corrected chi connectivity index (χ4v) is 4.77. The standard InChI is InChI=1S/C24H22F3N5O2S/c25-24(26,27)23-30-18(20-8-7-17(14-33)35-20)12-21(31-23)32-11-1-2-19(32)22(34)29-10-9-15-3-5-16(13-28)6-4-15/h3-8,12,19,33H,1-2,9-11,14H2,(H,29,34)/t19-/m0/s1. The molecule has 2 aromatic heterocycles. The Morgan fingerprint density at radius 3 is 2.66 bits per heavy atom. The highest BCUT2D eigenvalue weighted by molar-refractivity contribution is 7.15. The van der Waals surface area contributed by atoms with Crippen molar-refractivity contribution in [3.05, 3.63) is 64.3 Å². The number of nitrogens with one attached hydrogen (secondary N) is 1. The number of aromatic nitrogens is 2. The summed E-state index contributed by atoms with van der Waals surface area (Å²) in [6, 6.07) is 13.2. The van der Waals surface area contributed by atoms with Crippen molar-refractivity contribution >= 4 is 23.1 Å². The van der Waals surface area contributed by atoms with Crippen LogP contribution in [-0.2, 0) is 24.0 Å². The second-order valence-corrected chi connectivity index (χ2v) is 9.23. The molecule has 1 fully saturated rings. The second kappa shape index (κ2) is 10.4. The van der Waals surface area contributed by atoms with Crippen LogP contribution in [0.3, 0.4) is 0 Å². The summed E-state index contributed by atoms with van der Waals surface area (Å²) in [5.74, 6) is -1.50. The molecular weight excluding hydrogens is 479 g/mol. The summed E-state index contributed by atoms with van der Waals surface area (Å²) in [5, 5.41) is 21.1. The maximum absolute atomic E-state index is 13.6. The van der Waals surface area contributed by atoms with Crippen LogP contribution < -0.4 is 10.2 Å². The quantitative estimate of drug-likeness (QED) is 0.509. The lowest BCUT2D eigenvalue weighted by Gasteiger charge is -2.26. The minimum Gasteiger partial charge on any atom is -0.391 e. The molecule has 1 saturated heterocycles. The van der Waals surface area contributed by atoms with Crippen molar-refractivity contribution < 1.29 is 23.1 Å². The van der Waals surface area contributed by atoms with E-state index >= 15 is 0 Å². The molecule has 35 heavy (non-hydrogen) atoms. The molecule has 0 saturated carbocycles. The Morgan fingerprint density at radius 2 is 2.00 bits per heavy atom. The van der Waals surface area contributed by atoms with E-state index < -0.39 is 18.0 Å². The fourth-order valence-electron chi connectivity index (χ4n) is 3.94. The summed E-state index contributed by atoms with van der Waals surface area (Å²) >= 11 is 1.15. The van der Waals surface area contributed by atoms with Gasteiger partial charge in [-0.15, -0.1) is 11.3 Å². The van der Waals surface area contributed by atoms with Gasteiger partial charge in [-0.1, -0.05) is 12.1 Å². The predicted molar refractivity (Wildman–Crippen MR) is 125 cm³/mol. The maximum Gasteiger partial charge on any atom is 0.451 e. The Kier molecular flexibility index (Phi) is 7.33. The molecule has 182 valence electrons. The van der Waals surface area contributed by atoms with Gasteiger partial charge in [0.1, 0.15) is 11.9 Å². The van der Waals surface area contributed by atoms with Crippen LogP contribution >= 0.6 is 11.3 Å². The SMILES string of the molecule is N#Cc1ccc(CCNC(=O)[C@@H]2CCCN2c2cc(-c3ccc(CO)s3)nc(C(F)(F)F)n2)cc1. The van der Waals surface area contributed by atoms with Crippen molar-refractivity contribution in [3.8, 4) is 16.6 Å². The average molecular weight is 502 g/mol. The highest BCUT2D eigenvalue weighted by atomic mass is 32.1. The van der Waals surface area contributed by atoms with Gasteiger partial charge < -0.3 is 15.3 Å². The second-order valence-electron chi connectivity index (χ2n) is 8.06. The number of amides is 1. The summed E-state index contributed by atoms with van der Waals surface area (Å²) < 4.78 is 40.7. The van der Waals surface area contributed by atoms with Crippen molar-refractivity contribution in [3.63, 3.8) is 0 Å². The first-order chi connectivity index (χ1) is 16.8. The number of aliphatic hydroxyl groups excluding tert-OH is 1. The van der Waals surface area contributed by atoms with Crippen LogP contribution in [0.15, 0.2) is 42.5 Å². The van der Waals surface area contributed by atoms with Gasteiger partial charge in [0.15, 0.2) is 0 Å². The first-order valence-electron chi connectivity index (χ1n) is 11.0. The van der Waals surface area contributed by atoms with E-state index in [1.165, 1.54) is 6.07 Å². The number of aliphatic hydroxyl groups is 1. The third-order valence-corrected chi connectivity index (χ3v) is 6.77. The molecular formula is C24H22F3N5O2S. The van der Waals surface area contributed by atoms with Crippen molar-refractivity contribution in [2.24, 2.45) is 0 Å². The lowest BCUT2D eigenvalue weighted by molar-refractivity contribution is -0.144. The highest BCUT2D eigenvalue weighted by Gasteiger charge is 2.38. The topological polar surface area (TPSA) is 102 Å². The van der Waals surface area contributed by atoms with Crippen molar-refractivity contribution in [2.45, 2.75) is 38.1 Å². The Bertz CT molecular complexity index is 1240. The first-order valence-corrected chi connectivity index (χ1v) is 11.8. The third-order valence-electron chi connectivity index (χ3n) is 5.68. The lowest BCUT2D eigenvalue weighted by atomic mass is 10.1. The number of rotatable bonds is 7. The average Bonchev–Trinajstić information content (AvgIpc) is 3.54. The number of benzene rings is 1. The molecule has 2 N–H and O–H groups in total. The Labute approximate surface area is 203 Å². The number of thiophene rings is 1. The van der Waals surface area contributed by atoms with E-state index in [2.05, 4.69) is 21.4 Å². The normalized spacial score (nSPS) is 15.7. The van der Waals surface area contributed by atoms with E-state index in [0.717, 1.165) is 16.9 Å². The number of hydrogen-bond donors (Lipinski definition) is 2. The van der Waals surface area contributed by atoms with Crippen LogP contribution in [0.5, 0.6) is 0 Å². The Morgan fingerprint density at radius 1 is 1.23 bits per heavy atom. The zero-order valence-corrected chi connectivity index (χ0v) is 19.4. The van der Waals surface area contributed by atoms with E-state index in [1.54, 1.807) is 29.2 Å². The van der Waals surface area contributed by atoms with Crippen LogP contribution in [0.25, 0.3) is 10.6 Å². The Balaban J connectivity index is 1.51. The zero-order chi connectivity index (χ0) is 25.0. The van der Waals surface area contributed by atoms with Crippen molar-refractivity contribution in [2.75, 3.05) is 18.0 Å². The van der Waals surface area contributed by atoms with Gasteiger partial charge in [-0.25, -0.2) is 9.97 Å². The molecule has 7 nitrogen and oxygen atoms in total.